The van der Waals surface area contributed by atoms with Gasteiger partial charge in [-0.3, -0.25) is 4.90 Å². The fourth-order valence-corrected chi connectivity index (χ4v) is 3.42. The van der Waals surface area contributed by atoms with E-state index in [0.29, 0.717) is 11.7 Å². The van der Waals surface area contributed by atoms with Crippen LogP contribution in [0.1, 0.15) is 11.3 Å². The number of anilines is 1. The molecule has 3 heterocycles. The van der Waals surface area contributed by atoms with Crippen LogP contribution in [0.2, 0.25) is 0 Å². The maximum absolute atomic E-state index is 10.0. The van der Waals surface area contributed by atoms with Crippen LogP contribution in [-0.2, 0) is 0 Å². The quantitative estimate of drug-likeness (QED) is 0.694. The molecular weight excluding hydrogens is 388 g/mol. The van der Waals surface area contributed by atoms with Gasteiger partial charge in [-0.05, 0) is 25.1 Å². The summed E-state index contributed by atoms with van der Waals surface area (Å²) in [5, 5.41) is 14.4. The first-order chi connectivity index (χ1) is 13.7. The van der Waals surface area contributed by atoms with Crippen LogP contribution in [0.15, 0.2) is 55.0 Å². The molecule has 0 spiro atoms. The van der Waals surface area contributed by atoms with Crippen molar-refractivity contribution >= 4 is 24.2 Å². The van der Waals surface area contributed by atoms with Gasteiger partial charge in [0.25, 0.3) is 5.95 Å². The van der Waals surface area contributed by atoms with Gasteiger partial charge in [0.05, 0.1) is 17.6 Å². The van der Waals surface area contributed by atoms with E-state index in [0.717, 1.165) is 49.7 Å². The third-order valence-corrected chi connectivity index (χ3v) is 5.05. The van der Waals surface area contributed by atoms with E-state index in [1.807, 2.05) is 31.3 Å². The lowest BCUT2D eigenvalue weighted by Gasteiger charge is -2.35. The molecule has 1 aliphatic rings. The number of phenolic OH excluding ortho intramolecular Hbond substituents is 1. The van der Waals surface area contributed by atoms with E-state index in [-0.39, 0.29) is 12.4 Å². The minimum absolute atomic E-state index is 0. The van der Waals surface area contributed by atoms with Crippen LogP contribution in [0.4, 0.5) is 5.69 Å². The summed E-state index contributed by atoms with van der Waals surface area (Å²) < 4.78 is 1.75. The standard InChI is InChI=1S/C21H24N6O.ClH/c1-17-18(16-24-27(17)21-22-9-5-10-23-21)6-4-11-25-12-14-26(15-13-25)19-7-2-3-8-20(19)28;/h2-10,16,28H,11-15H2,1H3;1H/b6-4+;. The number of aromatic nitrogens is 4. The van der Waals surface area contributed by atoms with Gasteiger partial charge in [-0.2, -0.15) is 5.10 Å². The molecule has 29 heavy (non-hydrogen) atoms. The van der Waals surface area contributed by atoms with Gasteiger partial charge in [0.1, 0.15) is 5.75 Å². The largest absolute Gasteiger partial charge is 0.506 e. The summed E-state index contributed by atoms with van der Waals surface area (Å²) in [4.78, 5) is 13.1. The zero-order valence-corrected chi connectivity index (χ0v) is 17.2. The summed E-state index contributed by atoms with van der Waals surface area (Å²) in [7, 11) is 0. The van der Waals surface area contributed by atoms with E-state index < -0.39 is 0 Å². The van der Waals surface area contributed by atoms with E-state index in [1.165, 1.54) is 0 Å². The number of para-hydroxylation sites is 2. The van der Waals surface area contributed by atoms with Gasteiger partial charge in [-0.25, -0.2) is 14.6 Å². The molecule has 0 aliphatic carbocycles. The average molecular weight is 413 g/mol. The maximum atomic E-state index is 10.0. The fraction of sp³-hybridized carbons (Fsp3) is 0.286. The predicted octanol–water partition coefficient (Wildman–Crippen LogP) is 2.93. The first-order valence-corrected chi connectivity index (χ1v) is 9.46. The number of nitrogens with zero attached hydrogens (tertiary/aromatic N) is 6. The van der Waals surface area contributed by atoms with E-state index in [1.54, 1.807) is 29.2 Å². The molecular formula is C21H25ClN6O. The monoisotopic (exact) mass is 412 g/mol. The zero-order valence-electron chi connectivity index (χ0n) is 16.3. The fourth-order valence-electron chi connectivity index (χ4n) is 3.42. The number of hydrogen-bond acceptors (Lipinski definition) is 6. The van der Waals surface area contributed by atoms with Gasteiger partial charge in [-0.15, -0.1) is 12.4 Å². The van der Waals surface area contributed by atoms with Crippen molar-refractivity contribution in [1.82, 2.24) is 24.6 Å². The smallest absolute Gasteiger partial charge is 0.250 e. The van der Waals surface area contributed by atoms with Crippen LogP contribution in [0, 0.1) is 6.92 Å². The summed E-state index contributed by atoms with van der Waals surface area (Å²) >= 11 is 0. The van der Waals surface area contributed by atoms with Crippen LogP contribution in [0.5, 0.6) is 5.75 Å². The molecule has 0 atom stereocenters. The Kier molecular flexibility index (Phi) is 6.85. The Morgan fingerprint density at radius 3 is 2.48 bits per heavy atom. The highest BCUT2D eigenvalue weighted by atomic mass is 35.5. The Morgan fingerprint density at radius 2 is 1.76 bits per heavy atom. The number of halogens is 1. The molecule has 8 heteroatoms. The summed E-state index contributed by atoms with van der Waals surface area (Å²) in [5.41, 5.74) is 3.01. The molecule has 0 saturated carbocycles. The van der Waals surface area contributed by atoms with Crippen molar-refractivity contribution in [1.29, 1.82) is 0 Å². The molecule has 0 unspecified atom stereocenters. The normalized spacial score (nSPS) is 14.9. The van der Waals surface area contributed by atoms with Crippen LogP contribution < -0.4 is 4.90 Å². The van der Waals surface area contributed by atoms with Gasteiger partial charge in [0, 0.05) is 50.7 Å². The van der Waals surface area contributed by atoms with Crippen LogP contribution >= 0.6 is 12.4 Å². The Labute approximate surface area is 176 Å². The summed E-state index contributed by atoms with van der Waals surface area (Å²) in [5.74, 6) is 0.936. The Balaban J connectivity index is 0.00000240. The van der Waals surface area contributed by atoms with Crippen LogP contribution in [0.3, 0.4) is 0 Å². The number of phenols is 1. The van der Waals surface area contributed by atoms with Crippen molar-refractivity contribution in [3.63, 3.8) is 0 Å². The molecule has 1 fully saturated rings. The molecule has 1 saturated heterocycles. The molecule has 0 radical (unpaired) electrons. The molecule has 1 aliphatic heterocycles. The molecule has 2 aromatic heterocycles. The lowest BCUT2D eigenvalue weighted by atomic mass is 10.2. The molecule has 1 aromatic carbocycles. The van der Waals surface area contributed by atoms with E-state index in [4.69, 9.17) is 0 Å². The predicted molar refractivity (Wildman–Crippen MR) is 117 cm³/mol. The Bertz CT molecular complexity index is 951. The number of piperazine rings is 1. The van der Waals surface area contributed by atoms with Crippen molar-refractivity contribution in [2.75, 3.05) is 37.6 Å². The Hall–Kier alpha value is -2.90. The average Bonchev–Trinajstić information content (AvgIpc) is 3.10. The second-order valence-corrected chi connectivity index (χ2v) is 6.82. The van der Waals surface area contributed by atoms with Crippen molar-refractivity contribution in [3.05, 3.63) is 66.3 Å². The second-order valence-electron chi connectivity index (χ2n) is 6.82. The molecule has 152 valence electrons. The number of benzene rings is 1. The first kappa shape index (κ1) is 20.8. The molecule has 4 rings (SSSR count). The number of rotatable bonds is 5. The molecule has 7 nitrogen and oxygen atoms in total. The number of aromatic hydroxyl groups is 1. The number of hydrogen-bond donors (Lipinski definition) is 1. The van der Waals surface area contributed by atoms with Gasteiger partial charge < -0.3 is 10.0 Å². The topological polar surface area (TPSA) is 70.3 Å². The lowest BCUT2D eigenvalue weighted by molar-refractivity contribution is 0.283. The van der Waals surface area contributed by atoms with Gasteiger partial charge in [-0.1, -0.05) is 24.3 Å². The third-order valence-electron chi connectivity index (χ3n) is 5.05. The van der Waals surface area contributed by atoms with Gasteiger partial charge >= 0.3 is 0 Å². The highest BCUT2D eigenvalue weighted by Crippen LogP contribution is 2.27. The van der Waals surface area contributed by atoms with Crippen molar-refractivity contribution < 1.29 is 5.11 Å². The lowest BCUT2D eigenvalue weighted by Crippen LogP contribution is -2.46. The molecule has 0 amide bonds. The minimum Gasteiger partial charge on any atom is -0.506 e. The van der Waals surface area contributed by atoms with Crippen LogP contribution in [0.25, 0.3) is 12.0 Å². The van der Waals surface area contributed by atoms with E-state index in [9.17, 15) is 5.11 Å². The first-order valence-electron chi connectivity index (χ1n) is 9.46. The SMILES string of the molecule is Cc1c(/C=C/CN2CCN(c3ccccc3O)CC2)cnn1-c1ncccn1.Cl. The third kappa shape index (κ3) is 4.75. The van der Waals surface area contributed by atoms with Gasteiger partial charge in [0.2, 0.25) is 0 Å². The summed E-state index contributed by atoms with van der Waals surface area (Å²) in [6.07, 6.45) is 9.56. The maximum Gasteiger partial charge on any atom is 0.250 e. The second kappa shape index (κ2) is 9.54. The van der Waals surface area contributed by atoms with E-state index >= 15 is 0 Å². The minimum atomic E-state index is 0. The molecule has 3 aromatic rings. The van der Waals surface area contributed by atoms with Gasteiger partial charge in [0.15, 0.2) is 0 Å². The zero-order chi connectivity index (χ0) is 19.3. The Morgan fingerprint density at radius 1 is 1.03 bits per heavy atom. The van der Waals surface area contributed by atoms with Crippen LogP contribution in [-0.4, -0.2) is 62.5 Å². The van der Waals surface area contributed by atoms with Crippen molar-refractivity contribution in [3.8, 4) is 11.7 Å². The van der Waals surface area contributed by atoms with E-state index in [2.05, 4.69) is 37.0 Å². The summed E-state index contributed by atoms with van der Waals surface area (Å²) in [6.45, 7) is 6.67. The molecule has 0 bridgehead atoms. The highest BCUT2D eigenvalue weighted by Gasteiger charge is 2.18. The van der Waals surface area contributed by atoms with Crippen molar-refractivity contribution in [2.24, 2.45) is 0 Å². The highest BCUT2D eigenvalue weighted by molar-refractivity contribution is 5.85. The molecule has 1 N–H and O–H groups in total. The summed E-state index contributed by atoms with van der Waals surface area (Å²) in [6, 6.07) is 9.33. The van der Waals surface area contributed by atoms with Crippen molar-refractivity contribution in [2.45, 2.75) is 6.92 Å².